The number of carboxylic acids is 1. The first-order valence-electron chi connectivity index (χ1n) is 22.2. The molecule has 70 heavy (non-hydrogen) atoms. The number of aryl methyl sites for hydroxylation is 1. The molecule has 0 aliphatic carbocycles. The van der Waals surface area contributed by atoms with Crippen molar-refractivity contribution in [3.05, 3.63) is 138 Å². The smallest absolute Gasteiger partial charge is 0.323 e. The Labute approximate surface area is 428 Å². The lowest BCUT2D eigenvalue weighted by Gasteiger charge is -2.16. The molecule has 0 aromatic heterocycles. The molecule has 0 radical (unpaired) electrons. The fraction of sp³-hybridized carbons (Fsp3) is 0.340. The molecule has 5 aromatic carbocycles. The van der Waals surface area contributed by atoms with Crippen LogP contribution in [0.4, 0.5) is 11.4 Å². The number of benzene rings is 5. The summed E-state index contributed by atoms with van der Waals surface area (Å²) < 4.78 is 51.3. The van der Waals surface area contributed by atoms with Crippen molar-refractivity contribution in [2.75, 3.05) is 23.1 Å². The minimum absolute atomic E-state index is 0.0926. The standard InChI is InChI=1S/C19H22N2O5S2.C19H24N2O3S2.C12H19NO2S/c1-12(2)17(19(23)24)21-26-28(25)16-10-6-14(7-11-16)20-18(22)13-4-8-15(27-3)9-5-13;1-13(2)14(3)21-24-26(23)18-11-7-16(8-12-18)20-19(22)15-5-9-17(25-4)10-6-15;1-9(2)11(4)13-15-16(14)12-7-5-10(3)6-8-12/h4-12,17,21H,1-3H3,(H,20,22)(H,23,24);5-14,21H,1-4H3,(H,20,22);5-9,11,13H,1-4H3. The Balaban J connectivity index is 0.000000288. The zero-order chi connectivity index (χ0) is 51.9. The molecular formula is C50H65N5O10S5. The van der Waals surface area contributed by atoms with Crippen molar-refractivity contribution in [1.82, 2.24) is 16.4 Å². The first kappa shape index (κ1) is 59.7. The maximum absolute atomic E-state index is 12.3. The third kappa shape index (κ3) is 21.0. The van der Waals surface area contributed by atoms with Crippen molar-refractivity contribution in [3.8, 4) is 0 Å². The highest BCUT2D eigenvalue weighted by atomic mass is 32.2. The van der Waals surface area contributed by atoms with Gasteiger partial charge in [0.15, 0.2) is 0 Å². The molecule has 6 unspecified atom stereocenters. The predicted molar refractivity (Wildman–Crippen MR) is 283 cm³/mol. The summed E-state index contributed by atoms with van der Waals surface area (Å²) in [7, 11) is 0. The number of hydrogen-bond donors (Lipinski definition) is 6. The van der Waals surface area contributed by atoms with Gasteiger partial charge in [-0.25, -0.2) is 12.6 Å². The molecule has 0 aliphatic rings. The van der Waals surface area contributed by atoms with Crippen LogP contribution in [0.5, 0.6) is 0 Å². The van der Waals surface area contributed by atoms with Gasteiger partial charge in [0.05, 0.1) is 14.7 Å². The highest BCUT2D eigenvalue weighted by molar-refractivity contribution is 7.98. The van der Waals surface area contributed by atoms with Crippen LogP contribution >= 0.6 is 23.5 Å². The normalized spacial score (nSPS) is 13.7. The average Bonchev–Trinajstić information content (AvgIpc) is 3.35. The summed E-state index contributed by atoms with van der Waals surface area (Å²) in [6.45, 7) is 17.6. The van der Waals surface area contributed by atoms with Gasteiger partial charge in [-0.15, -0.1) is 23.5 Å². The van der Waals surface area contributed by atoms with Gasteiger partial charge >= 0.3 is 5.97 Å². The fourth-order valence-electron chi connectivity index (χ4n) is 5.06. The van der Waals surface area contributed by atoms with E-state index in [9.17, 15) is 27.0 Å². The van der Waals surface area contributed by atoms with E-state index in [1.165, 1.54) is 12.1 Å². The van der Waals surface area contributed by atoms with Gasteiger partial charge in [0.1, 0.15) is 6.04 Å². The number of amides is 2. The molecule has 15 nitrogen and oxygen atoms in total. The summed E-state index contributed by atoms with van der Waals surface area (Å²) in [5.74, 6) is -0.951. The largest absolute Gasteiger partial charge is 0.480 e. The van der Waals surface area contributed by atoms with Crippen molar-refractivity contribution in [2.24, 2.45) is 17.8 Å². The van der Waals surface area contributed by atoms with Crippen LogP contribution in [0.15, 0.2) is 146 Å². The van der Waals surface area contributed by atoms with Crippen molar-refractivity contribution >= 4 is 85.9 Å². The summed E-state index contributed by atoms with van der Waals surface area (Å²) in [5.41, 5.74) is 11.3. The first-order valence-corrected chi connectivity index (χ1v) is 27.8. The van der Waals surface area contributed by atoms with Crippen LogP contribution in [0.2, 0.25) is 0 Å². The molecule has 380 valence electrons. The van der Waals surface area contributed by atoms with Crippen LogP contribution in [0.25, 0.3) is 0 Å². The number of anilines is 2. The molecule has 5 aromatic rings. The Morgan fingerprint density at radius 1 is 0.471 bits per heavy atom. The van der Waals surface area contributed by atoms with E-state index in [4.69, 9.17) is 18.0 Å². The van der Waals surface area contributed by atoms with Gasteiger partial charge in [0.2, 0.25) is 33.2 Å². The number of aliphatic carboxylic acids is 1. The third-order valence-corrected chi connectivity index (χ3v) is 14.5. The fourth-order valence-corrected chi connectivity index (χ4v) is 7.91. The molecule has 6 N–H and O–H groups in total. The lowest BCUT2D eigenvalue weighted by molar-refractivity contribution is -0.143. The Bertz CT molecular complexity index is 2460. The van der Waals surface area contributed by atoms with E-state index >= 15 is 0 Å². The van der Waals surface area contributed by atoms with E-state index < -0.39 is 45.3 Å². The predicted octanol–water partition coefficient (Wildman–Crippen LogP) is 10.1. The molecule has 20 heteroatoms. The number of thioether (sulfide) groups is 2. The minimum atomic E-state index is -1.89. The summed E-state index contributed by atoms with van der Waals surface area (Å²) >= 11 is -1.71. The topological polar surface area (TPSA) is 210 Å². The molecule has 0 fully saturated rings. The molecule has 6 atom stereocenters. The van der Waals surface area contributed by atoms with Gasteiger partial charge in [0.25, 0.3) is 11.8 Å². The summed E-state index contributed by atoms with van der Waals surface area (Å²) in [5, 5.41) is 14.7. The molecule has 0 aliphatic heterocycles. The van der Waals surface area contributed by atoms with Gasteiger partial charge in [-0.1, -0.05) is 59.2 Å². The zero-order valence-electron chi connectivity index (χ0n) is 41.2. The van der Waals surface area contributed by atoms with E-state index in [1.54, 1.807) is 98.0 Å². The van der Waals surface area contributed by atoms with Crippen LogP contribution in [0.3, 0.4) is 0 Å². The second-order valence-electron chi connectivity index (χ2n) is 16.7. The second kappa shape index (κ2) is 31.0. The lowest BCUT2D eigenvalue weighted by atomic mass is 10.1. The molecule has 2 amide bonds. The van der Waals surface area contributed by atoms with Gasteiger partial charge in [-0.2, -0.15) is 29.3 Å². The SMILES string of the molecule is CSc1ccc(C(=O)Nc2ccc(S(=O)ONC(C(=O)O)C(C)C)cc2)cc1.CSc1ccc(C(=O)Nc2ccc(S(=O)ONC(C)C(C)C)cc2)cc1.Cc1ccc(S(=O)ONC(C)C(C)C)cc1. The van der Waals surface area contributed by atoms with Crippen LogP contribution in [-0.4, -0.2) is 66.2 Å². The molecular weight excluding hydrogens is 991 g/mol. The minimum Gasteiger partial charge on any atom is -0.480 e. The van der Waals surface area contributed by atoms with Gasteiger partial charge in [0, 0.05) is 44.4 Å². The molecule has 5 rings (SSSR count). The third-order valence-electron chi connectivity index (χ3n) is 10.3. The van der Waals surface area contributed by atoms with Crippen LogP contribution in [0, 0.1) is 24.7 Å². The number of hydroxylamine groups is 3. The zero-order valence-corrected chi connectivity index (χ0v) is 45.3. The second-order valence-corrected chi connectivity index (χ2v) is 21.7. The van der Waals surface area contributed by atoms with E-state index in [-0.39, 0.29) is 29.8 Å². The van der Waals surface area contributed by atoms with Crippen LogP contribution in [-0.2, 0) is 50.9 Å². The van der Waals surface area contributed by atoms with Crippen LogP contribution < -0.4 is 27.1 Å². The van der Waals surface area contributed by atoms with E-state index in [2.05, 4.69) is 54.8 Å². The maximum atomic E-state index is 12.3. The summed E-state index contributed by atoms with van der Waals surface area (Å²) in [6, 6.07) is 34.4. The molecule has 0 spiro atoms. The molecule has 0 saturated carbocycles. The summed E-state index contributed by atoms with van der Waals surface area (Å²) in [6.07, 6.45) is 3.95. The molecule has 0 bridgehead atoms. The summed E-state index contributed by atoms with van der Waals surface area (Å²) in [4.78, 5) is 39.3. The Hall–Kier alpha value is -4.58. The first-order chi connectivity index (χ1) is 33.2. The Kier molecular flexibility index (Phi) is 26.5. The van der Waals surface area contributed by atoms with E-state index in [0.29, 0.717) is 49.0 Å². The Morgan fingerprint density at radius 3 is 1.07 bits per heavy atom. The average molecular weight is 1060 g/mol. The number of hydrogen-bond acceptors (Lipinski definition) is 14. The Morgan fingerprint density at radius 2 is 0.786 bits per heavy atom. The number of carboxylic acid groups (broad SMARTS) is 1. The maximum Gasteiger partial charge on any atom is 0.323 e. The van der Waals surface area contributed by atoms with Crippen LogP contribution in [0.1, 0.15) is 81.7 Å². The van der Waals surface area contributed by atoms with E-state index in [0.717, 1.165) is 15.4 Å². The lowest BCUT2D eigenvalue weighted by Crippen LogP contribution is -2.41. The molecule has 0 saturated heterocycles. The van der Waals surface area contributed by atoms with E-state index in [1.807, 2.05) is 81.8 Å². The van der Waals surface area contributed by atoms with Crippen molar-refractivity contribution in [3.63, 3.8) is 0 Å². The highest BCUT2D eigenvalue weighted by Gasteiger charge is 2.23. The number of nitrogens with one attached hydrogen (secondary N) is 5. The van der Waals surface area contributed by atoms with Gasteiger partial charge in [-0.3, -0.25) is 14.4 Å². The van der Waals surface area contributed by atoms with Crippen molar-refractivity contribution < 1.29 is 45.0 Å². The van der Waals surface area contributed by atoms with Crippen molar-refractivity contribution in [2.45, 2.75) is 105 Å². The van der Waals surface area contributed by atoms with Gasteiger partial charge in [-0.05, 0) is 160 Å². The quantitative estimate of drug-likeness (QED) is 0.0281. The van der Waals surface area contributed by atoms with Crippen molar-refractivity contribution in [1.29, 1.82) is 0 Å². The monoisotopic (exact) mass is 1060 g/mol. The molecule has 0 heterocycles. The highest BCUT2D eigenvalue weighted by Crippen LogP contribution is 2.20. The number of carbonyl (C=O) groups is 3. The number of carbonyl (C=O) groups excluding carboxylic acids is 2. The van der Waals surface area contributed by atoms with Gasteiger partial charge < -0.3 is 15.7 Å². The number of rotatable bonds is 22.